The first-order valence-corrected chi connectivity index (χ1v) is 8.69. The van der Waals surface area contributed by atoms with Crippen LogP contribution in [0.1, 0.15) is 30.7 Å². The standard InChI is InChI=1S/C13H21N3O3S/c1-11-9-12(19-14-11)10-15-5-2-6-16(8-7-15)20(17,18)13-3-4-13/h9,13H,2-8,10H2,1H3. The molecule has 1 saturated heterocycles. The van der Waals surface area contributed by atoms with Crippen LogP contribution >= 0.6 is 0 Å². The molecule has 0 aromatic carbocycles. The minimum atomic E-state index is -3.03. The summed E-state index contributed by atoms with van der Waals surface area (Å²) in [5.41, 5.74) is 0.882. The Morgan fingerprint density at radius 3 is 2.75 bits per heavy atom. The van der Waals surface area contributed by atoms with E-state index in [-0.39, 0.29) is 5.25 Å². The Morgan fingerprint density at radius 2 is 2.10 bits per heavy atom. The quantitative estimate of drug-likeness (QED) is 0.829. The van der Waals surface area contributed by atoms with E-state index in [0.717, 1.165) is 43.8 Å². The normalized spacial score (nSPS) is 22.9. The molecule has 2 fully saturated rings. The second-order valence-corrected chi connectivity index (χ2v) is 7.92. The summed E-state index contributed by atoms with van der Waals surface area (Å²) < 4.78 is 31.4. The largest absolute Gasteiger partial charge is 0.360 e. The molecule has 6 nitrogen and oxygen atoms in total. The zero-order chi connectivity index (χ0) is 14.2. The van der Waals surface area contributed by atoms with Gasteiger partial charge in [0.15, 0.2) is 5.76 Å². The summed E-state index contributed by atoms with van der Waals surface area (Å²) in [6, 6.07) is 1.93. The number of aromatic nitrogens is 1. The molecule has 0 N–H and O–H groups in total. The summed E-state index contributed by atoms with van der Waals surface area (Å²) in [6.07, 6.45) is 2.54. The molecule has 1 aliphatic heterocycles. The Labute approximate surface area is 119 Å². The van der Waals surface area contributed by atoms with Crippen molar-refractivity contribution in [1.82, 2.24) is 14.4 Å². The van der Waals surface area contributed by atoms with E-state index >= 15 is 0 Å². The van der Waals surface area contributed by atoms with E-state index in [1.165, 1.54) is 0 Å². The van der Waals surface area contributed by atoms with E-state index in [4.69, 9.17) is 4.52 Å². The smallest absolute Gasteiger partial charge is 0.217 e. The maximum atomic E-state index is 12.2. The molecule has 1 aromatic heterocycles. The molecule has 0 radical (unpaired) electrons. The van der Waals surface area contributed by atoms with Gasteiger partial charge in [-0.3, -0.25) is 4.90 Å². The topological polar surface area (TPSA) is 66.7 Å². The zero-order valence-corrected chi connectivity index (χ0v) is 12.6. The SMILES string of the molecule is Cc1cc(CN2CCCN(S(=O)(=O)C3CC3)CC2)on1. The number of aryl methyl sites for hydroxylation is 1. The van der Waals surface area contributed by atoms with Gasteiger partial charge in [0, 0.05) is 25.7 Å². The summed E-state index contributed by atoms with van der Waals surface area (Å²) in [7, 11) is -3.03. The van der Waals surface area contributed by atoms with Crippen molar-refractivity contribution >= 4 is 10.0 Å². The lowest BCUT2D eigenvalue weighted by Gasteiger charge is -2.20. The second kappa shape index (κ2) is 5.46. The number of rotatable bonds is 4. The predicted molar refractivity (Wildman–Crippen MR) is 74.6 cm³/mol. The summed E-state index contributed by atoms with van der Waals surface area (Å²) in [5, 5.41) is 3.78. The number of hydrogen-bond acceptors (Lipinski definition) is 5. The Balaban J connectivity index is 1.59. The van der Waals surface area contributed by atoms with Crippen molar-refractivity contribution in [3.8, 4) is 0 Å². The lowest BCUT2D eigenvalue weighted by molar-refractivity contribution is 0.240. The van der Waals surface area contributed by atoms with Crippen LogP contribution in [0.25, 0.3) is 0 Å². The summed E-state index contributed by atoms with van der Waals surface area (Å²) in [6.45, 7) is 5.50. The molecule has 0 bridgehead atoms. The third kappa shape index (κ3) is 3.05. The highest BCUT2D eigenvalue weighted by Crippen LogP contribution is 2.31. The van der Waals surface area contributed by atoms with E-state index in [2.05, 4.69) is 10.1 Å². The average Bonchev–Trinajstić information content (AvgIpc) is 3.19. The third-order valence-corrected chi connectivity index (χ3v) is 6.31. The van der Waals surface area contributed by atoms with Crippen LogP contribution in [0.15, 0.2) is 10.6 Å². The highest BCUT2D eigenvalue weighted by atomic mass is 32.2. The maximum absolute atomic E-state index is 12.2. The molecule has 7 heteroatoms. The van der Waals surface area contributed by atoms with E-state index in [9.17, 15) is 8.42 Å². The summed E-state index contributed by atoms with van der Waals surface area (Å²) >= 11 is 0. The highest BCUT2D eigenvalue weighted by molar-refractivity contribution is 7.90. The van der Waals surface area contributed by atoms with Crippen molar-refractivity contribution in [2.24, 2.45) is 0 Å². The first kappa shape index (κ1) is 14.0. The maximum Gasteiger partial charge on any atom is 0.217 e. The average molecular weight is 299 g/mol. The molecule has 0 spiro atoms. The molecule has 0 atom stereocenters. The van der Waals surface area contributed by atoms with Crippen molar-refractivity contribution in [2.45, 2.75) is 38.0 Å². The van der Waals surface area contributed by atoms with Crippen LogP contribution in [0.3, 0.4) is 0 Å². The molecular weight excluding hydrogens is 278 g/mol. The van der Waals surface area contributed by atoms with Crippen LogP contribution in [0.5, 0.6) is 0 Å². The monoisotopic (exact) mass is 299 g/mol. The predicted octanol–water partition coefficient (Wildman–Crippen LogP) is 0.983. The van der Waals surface area contributed by atoms with Crippen LogP contribution in [0.4, 0.5) is 0 Å². The van der Waals surface area contributed by atoms with Gasteiger partial charge >= 0.3 is 0 Å². The van der Waals surface area contributed by atoms with Gasteiger partial charge in [-0.15, -0.1) is 0 Å². The zero-order valence-electron chi connectivity index (χ0n) is 11.8. The molecule has 20 heavy (non-hydrogen) atoms. The van der Waals surface area contributed by atoms with Crippen LogP contribution < -0.4 is 0 Å². The van der Waals surface area contributed by atoms with Gasteiger partial charge in [0.2, 0.25) is 10.0 Å². The lowest BCUT2D eigenvalue weighted by atomic mass is 10.3. The van der Waals surface area contributed by atoms with Crippen molar-refractivity contribution in [3.63, 3.8) is 0 Å². The number of nitrogens with zero attached hydrogens (tertiary/aromatic N) is 3. The molecule has 1 saturated carbocycles. The van der Waals surface area contributed by atoms with Gasteiger partial charge in [-0.2, -0.15) is 0 Å². The van der Waals surface area contributed by atoms with Gasteiger partial charge in [-0.05, 0) is 32.7 Å². The van der Waals surface area contributed by atoms with Gasteiger partial charge in [-0.1, -0.05) is 5.16 Å². The fourth-order valence-corrected chi connectivity index (χ4v) is 4.52. The minimum absolute atomic E-state index is 0.106. The first-order valence-electron chi connectivity index (χ1n) is 7.19. The number of hydrogen-bond donors (Lipinski definition) is 0. The molecule has 1 aromatic rings. The fourth-order valence-electron chi connectivity index (χ4n) is 2.65. The summed E-state index contributed by atoms with van der Waals surface area (Å²) in [5.74, 6) is 0.848. The molecule has 0 amide bonds. The van der Waals surface area contributed by atoms with Gasteiger partial charge in [0.05, 0.1) is 17.5 Å². The van der Waals surface area contributed by atoms with Crippen LogP contribution in [0, 0.1) is 6.92 Å². The molecule has 1 aliphatic carbocycles. The van der Waals surface area contributed by atoms with Crippen molar-refractivity contribution in [2.75, 3.05) is 26.2 Å². The van der Waals surface area contributed by atoms with E-state index < -0.39 is 10.0 Å². The number of sulfonamides is 1. The van der Waals surface area contributed by atoms with Gasteiger partial charge in [-0.25, -0.2) is 12.7 Å². The highest BCUT2D eigenvalue weighted by Gasteiger charge is 2.40. The van der Waals surface area contributed by atoms with Crippen molar-refractivity contribution in [1.29, 1.82) is 0 Å². The van der Waals surface area contributed by atoms with E-state index in [1.807, 2.05) is 13.0 Å². The molecular formula is C13H21N3O3S. The van der Waals surface area contributed by atoms with Gasteiger partial charge in [0.1, 0.15) is 0 Å². The Kier molecular flexibility index (Phi) is 3.83. The second-order valence-electron chi connectivity index (χ2n) is 5.71. The van der Waals surface area contributed by atoms with Gasteiger partial charge in [0.25, 0.3) is 0 Å². The van der Waals surface area contributed by atoms with Crippen LogP contribution in [0.2, 0.25) is 0 Å². The Bertz CT molecular complexity index is 565. The molecule has 3 rings (SSSR count). The first-order chi connectivity index (χ1) is 9.55. The molecule has 112 valence electrons. The van der Waals surface area contributed by atoms with E-state index in [1.54, 1.807) is 4.31 Å². The van der Waals surface area contributed by atoms with Crippen molar-refractivity contribution < 1.29 is 12.9 Å². The van der Waals surface area contributed by atoms with Gasteiger partial charge < -0.3 is 4.52 Å². The lowest BCUT2D eigenvalue weighted by Crippen LogP contribution is -2.37. The van der Waals surface area contributed by atoms with E-state index in [0.29, 0.717) is 19.6 Å². The molecule has 2 aliphatic rings. The Hall–Kier alpha value is -0.920. The Morgan fingerprint density at radius 1 is 1.30 bits per heavy atom. The fraction of sp³-hybridized carbons (Fsp3) is 0.769. The van der Waals surface area contributed by atoms with Crippen molar-refractivity contribution in [3.05, 3.63) is 17.5 Å². The van der Waals surface area contributed by atoms with Crippen LogP contribution in [-0.4, -0.2) is 54.2 Å². The van der Waals surface area contributed by atoms with Crippen LogP contribution in [-0.2, 0) is 16.6 Å². The molecule has 2 heterocycles. The molecule has 0 unspecified atom stereocenters. The minimum Gasteiger partial charge on any atom is -0.360 e. The summed E-state index contributed by atoms with van der Waals surface area (Å²) in [4.78, 5) is 2.24. The third-order valence-electron chi connectivity index (χ3n) is 3.91.